The van der Waals surface area contributed by atoms with E-state index in [0.717, 1.165) is 10.6 Å². The second kappa shape index (κ2) is 6.58. The monoisotopic (exact) mass is 326 g/mol. The second-order valence-electron chi connectivity index (χ2n) is 4.75. The number of ether oxygens (including phenoxy) is 1. The van der Waals surface area contributed by atoms with Gasteiger partial charge in [0.1, 0.15) is 5.75 Å². The van der Waals surface area contributed by atoms with Crippen LogP contribution < -0.4 is 15.4 Å². The summed E-state index contributed by atoms with van der Waals surface area (Å²) in [4.78, 5) is 25.5. The molecule has 1 aliphatic rings. The Morgan fingerprint density at radius 3 is 2.74 bits per heavy atom. The number of methoxy groups -OCH3 is 1. The van der Waals surface area contributed by atoms with Crippen molar-refractivity contribution in [3.63, 3.8) is 0 Å². The average molecular weight is 326 g/mol. The first-order chi connectivity index (χ1) is 11.2. The third-order valence-corrected chi connectivity index (χ3v) is 4.31. The van der Waals surface area contributed by atoms with E-state index in [1.165, 1.54) is 24.9 Å². The molecule has 1 heterocycles. The molecule has 0 spiro atoms. The van der Waals surface area contributed by atoms with E-state index in [1.54, 1.807) is 18.2 Å². The van der Waals surface area contributed by atoms with Gasteiger partial charge < -0.3 is 15.4 Å². The smallest absolute Gasteiger partial charge is 0.262 e. The fraction of sp³-hybridized carbons (Fsp3) is 0.0588. The molecule has 0 aliphatic carbocycles. The first-order valence-corrected chi connectivity index (χ1v) is 7.73. The van der Waals surface area contributed by atoms with E-state index in [0.29, 0.717) is 16.3 Å². The van der Waals surface area contributed by atoms with Gasteiger partial charge in [0.2, 0.25) is 5.91 Å². The molecule has 116 valence electrons. The van der Waals surface area contributed by atoms with Crippen molar-refractivity contribution >= 4 is 35.0 Å². The highest BCUT2D eigenvalue weighted by Gasteiger charge is 2.21. The Bertz CT molecular complexity index is 802. The van der Waals surface area contributed by atoms with Gasteiger partial charge in [-0.3, -0.25) is 9.59 Å². The Morgan fingerprint density at radius 2 is 1.91 bits per heavy atom. The highest BCUT2D eigenvalue weighted by molar-refractivity contribution is 8.04. The minimum absolute atomic E-state index is 0.288. The Morgan fingerprint density at radius 1 is 1.17 bits per heavy atom. The Hall–Kier alpha value is -2.73. The minimum Gasteiger partial charge on any atom is -0.495 e. The number of benzene rings is 2. The molecule has 0 unspecified atom stereocenters. The lowest BCUT2D eigenvalue weighted by molar-refractivity contribution is -0.114. The zero-order valence-corrected chi connectivity index (χ0v) is 13.1. The molecule has 0 atom stereocenters. The Labute approximate surface area is 137 Å². The molecule has 0 bridgehead atoms. The summed E-state index contributed by atoms with van der Waals surface area (Å²) in [6.07, 6.45) is 1.29. The number of carbonyl (C=O) groups excluding carboxylic acids is 2. The third kappa shape index (κ3) is 3.37. The van der Waals surface area contributed by atoms with Crippen LogP contribution in [0.4, 0.5) is 11.4 Å². The molecule has 5 nitrogen and oxygen atoms in total. The van der Waals surface area contributed by atoms with Gasteiger partial charge in [-0.05, 0) is 24.3 Å². The van der Waals surface area contributed by atoms with Crippen molar-refractivity contribution in [1.29, 1.82) is 0 Å². The summed E-state index contributed by atoms with van der Waals surface area (Å²) in [5.41, 5.74) is 1.31. The topological polar surface area (TPSA) is 67.4 Å². The predicted octanol–water partition coefficient (Wildman–Crippen LogP) is 3.26. The number of carbonyl (C=O) groups is 2. The standard InChI is InChI=1S/C17H14N2O3S/c1-22-13-8-4-2-6-11(13)18-16(20)10-15-17(21)19-12-7-3-5-9-14(12)23-15/h2-10H,1H3,(H,18,20)(H,19,21)/b15-10-. The lowest BCUT2D eigenvalue weighted by Gasteiger charge is -2.18. The van der Waals surface area contributed by atoms with Gasteiger partial charge in [-0.15, -0.1) is 0 Å². The number of amides is 2. The molecule has 2 aromatic carbocycles. The molecule has 0 aromatic heterocycles. The van der Waals surface area contributed by atoms with E-state index >= 15 is 0 Å². The lowest BCUT2D eigenvalue weighted by atomic mass is 10.3. The van der Waals surface area contributed by atoms with Crippen LogP contribution in [0.1, 0.15) is 0 Å². The Balaban J connectivity index is 1.79. The molecule has 0 saturated heterocycles. The van der Waals surface area contributed by atoms with Crippen molar-refractivity contribution in [1.82, 2.24) is 0 Å². The molecular formula is C17H14N2O3S. The maximum Gasteiger partial charge on any atom is 0.262 e. The van der Waals surface area contributed by atoms with E-state index in [9.17, 15) is 9.59 Å². The van der Waals surface area contributed by atoms with Crippen molar-refractivity contribution < 1.29 is 14.3 Å². The molecule has 0 fully saturated rings. The number of rotatable bonds is 3. The summed E-state index contributed by atoms with van der Waals surface area (Å²) in [5.74, 6) is -0.110. The number of para-hydroxylation sites is 3. The average Bonchev–Trinajstić information content (AvgIpc) is 2.56. The first kappa shape index (κ1) is 15.2. The zero-order chi connectivity index (χ0) is 16.2. The summed E-state index contributed by atoms with van der Waals surface area (Å²) in [6, 6.07) is 14.5. The molecule has 0 saturated carbocycles. The van der Waals surface area contributed by atoms with Crippen molar-refractivity contribution in [2.75, 3.05) is 17.7 Å². The van der Waals surface area contributed by atoms with E-state index in [-0.39, 0.29) is 11.8 Å². The minimum atomic E-state index is -0.383. The van der Waals surface area contributed by atoms with Crippen LogP contribution in [0, 0.1) is 0 Å². The molecule has 2 aromatic rings. The van der Waals surface area contributed by atoms with Crippen LogP contribution in [0.2, 0.25) is 0 Å². The number of hydrogen-bond acceptors (Lipinski definition) is 4. The number of hydrogen-bond donors (Lipinski definition) is 2. The van der Waals surface area contributed by atoms with Gasteiger partial charge in [0.25, 0.3) is 5.91 Å². The highest BCUT2D eigenvalue weighted by atomic mass is 32.2. The highest BCUT2D eigenvalue weighted by Crippen LogP contribution is 2.37. The SMILES string of the molecule is COc1ccccc1NC(=O)/C=C1\Sc2ccccc2NC1=O. The van der Waals surface area contributed by atoms with E-state index < -0.39 is 0 Å². The van der Waals surface area contributed by atoms with E-state index in [2.05, 4.69) is 10.6 Å². The number of anilines is 2. The van der Waals surface area contributed by atoms with Gasteiger partial charge in [-0.2, -0.15) is 0 Å². The van der Waals surface area contributed by atoms with Gasteiger partial charge in [0, 0.05) is 11.0 Å². The Kier molecular flexibility index (Phi) is 4.34. The van der Waals surface area contributed by atoms with Gasteiger partial charge in [-0.25, -0.2) is 0 Å². The van der Waals surface area contributed by atoms with Crippen LogP contribution in [0.3, 0.4) is 0 Å². The molecule has 2 amide bonds. The van der Waals surface area contributed by atoms with Crippen molar-refractivity contribution in [3.8, 4) is 5.75 Å². The van der Waals surface area contributed by atoms with E-state index in [1.807, 2.05) is 30.3 Å². The summed E-state index contributed by atoms with van der Waals surface area (Å²) in [5, 5.41) is 5.49. The molecule has 2 N–H and O–H groups in total. The molecule has 6 heteroatoms. The van der Waals surface area contributed by atoms with Gasteiger partial charge >= 0.3 is 0 Å². The molecule has 1 aliphatic heterocycles. The van der Waals surface area contributed by atoms with Crippen LogP contribution in [0.25, 0.3) is 0 Å². The molecular weight excluding hydrogens is 312 g/mol. The van der Waals surface area contributed by atoms with Gasteiger partial charge in [0.05, 0.1) is 23.4 Å². The van der Waals surface area contributed by atoms with Crippen molar-refractivity contribution in [2.45, 2.75) is 4.90 Å². The normalized spacial score (nSPS) is 14.8. The van der Waals surface area contributed by atoms with Crippen LogP contribution in [0.5, 0.6) is 5.75 Å². The van der Waals surface area contributed by atoms with Crippen LogP contribution >= 0.6 is 11.8 Å². The zero-order valence-electron chi connectivity index (χ0n) is 12.3. The van der Waals surface area contributed by atoms with Gasteiger partial charge in [-0.1, -0.05) is 36.0 Å². The summed E-state index contributed by atoms with van der Waals surface area (Å²) in [6.45, 7) is 0. The van der Waals surface area contributed by atoms with Crippen LogP contribution in [-0.2, 0) is 9.59 Å². The molecule has 3 rings (SSSR count). The number of nitrogens with one attached hydrogen (secondary N) is 2. The summed E-state index contributed by atoms with van der Waals surface area (Å²) in [7, 11) is 1.53. The van der Waals surface area contributed by atoms with Crippen LogP contribution in [-0.4, -0.2) is 18.9 Å². The van der Waals surface area contributed by atoms with Gasteiger partial charge in [0.15, 0.2) is 0 Å². The summed E-state index contributed by atoms with van der Waals surface area (Å²) < 4.78 is 5.18. The first-order valence-electron chi connectivity index (χ1n) is 6.91. The predicted molar refractivity (Wildman–Crippen MR) is 90.6 cm³/mol. The van der Waals surface area contributed by atoms with E-state index in [4.69, 9.17) is 4.74 Å². The molecule has 23 heavy (non-hydrogen) atoms. The summed E-state index contributed by atoms with van der Waals surface area (Å²) >= 11 is 1.27. The number of thioether (sulfide) groups is 1. The maximum absolute atomic E-state index is 12.2. The lowest BCUT2D eigenvalue weighted by Crippen LogP contribution is -2.19. The largest absolute Gasteiger partial charge is 0.495 e. The number of fused-ring (bicyclic) bond motifs is 1. The molecule has 0 radical (unpaired) electrons. The van der Waals surface area contributed by atoms with Crippen LogP contribution in [0.15, 0.2) is 64.4 Å². The quantitative estimate of drug-likeness (QED) is 0.850. The maximum atomic E-state index is 12.2. The fourth-order valence-corrected chi connectivity index (χ4v) is 3.06. The fourth-order valence-electron chi connectivity index (χ4n) is 2.14. The van der Waals surface area contributed by atoms with Crippen molar-refractivity contribution in [3.05, 3.63) is 59.5 Å². The third-order valence-electron chi connectivity index (χ3n) is 3.21. The second-order valence-corrected chi connectivity index (χ2v) is 5.83. The van der Waals surface area contributed by atoms with Crippen molar-refractivity contribution in [2.24, 2.45) is 0 Å².